The van der Waals surface area contributed by atoms with Crippen molar-refractivity contribution >= 4 is 15.8 Å². The molecule has 1 aromatic heterocycles. The number of benzene rings is 1. The Hall–Kier alpha value is -2.16. The van der Waals surface area contributed by atoms with Gasteiger partial charge in [0.25, 0.3) is 0 Å². The Morgan fingerprint density at radius 3 is 2.50 bits per heavy atom. The molecule has 1 aromatic carbocycles. The van der Waals surface area contributed by atoms with Crippen molar-refractivity contribution in [1.29, 1.82) is 0 Å². The highest BCUT2D eigenvalue weighted by Gasteiger charge is 2.33. The summed E-state index contributed by atoms with van der Waals surface area (Å²) in [6, 6.07) is 15.7. The van der Waals surface area contributed by atoms with Gasteiger partial charge in [0.05, 0.1) is 19.0 Å². The molecule has 32 heavy (non-hydrogen) atoms. The number of ether oxygens (including phenoxy) is 1. The Labute approximate surface area is 190 Å². The molecular formula is C24H33N3O4S. The summed E-state index contributed by atoms with van der Waals surface area (Å²) in [6.45, 7) is 1.80. The number of aromatic nitrogens is 1. The number of nitrogens with one attached hydrogen (secondary N) is 1. The highest BCUT2D eigenvalue weighted by atomic mass is 32.2. The molecule has 8 heteroatoms. The van der Waals surface area contributed by atoms with Crippen LogP contribution in [0.5, 0.6) is 5.88 Å². The van der Waals surface area contributed by atoms with Crippen LogP contribution in [0.4, 0.5) is 5.82 Å². The van der Waals surface area contributed by atoms with E-state index in [4.69, 9.17) is 4.74 Å². The molecule has 1 saturated carbocycles. The summed E-state index contributed by atoms with van der Waals surface area (Å²) in [5.74, 6) is 1.30. The van der Waals surface area contributed by atoms with Crippen molar-refractivity contribution in [1.82, 2.24) is 9.71 Å². The Balaban J connectivity index is 1.36. The molecule has 2 heterocycles. The fourth-order valence-corrected chi connectivity index (χ4v) is 5.84. The van der Waals surface area contributed by atoms with E-state index in [1.54, 1.807) is 12.1 Å². The maximum atomic E-state index is 11.9. The van der Waals surface area contributed by atoms with Crippen LogP contribution in [0.1, 0.15) is 43.6 Å². The highest BCUT2D eigenvalue weighted by molar-refractivity contribution is 7.88. The van der Waals surface area contributed by atoms with E-state index in [1.807, 2.05) is 6.07 Å². The lowest BCUT2D eigenvalue weighted by Gasteiger charge is -2.40. The second-order valence-electron chi connectivity index (χ2n) is 9.06. The van der Waals surface area contributed by atoms with Gasteiger partial charge in [0.15, 0.2) is 0 Å². The molecule has 1 saturated heterocycles. The van der Waals surface area contributed by atoms with E-state index in [9.17, 15) is 13.5 Å². The minimum absolute atomic E-state index is 0.00877. The van der Waals surface area contributed by atoms with E-state index in [2.05, 4.69) is 44.9 Å². The molecule has 2 N–H and O–H groups in total. The lowest BCUT2D eigenvalue weighted by atomic mass is 9.82. The molecule has 0 radical (unpaired) electrons. The monoisotopic (exact) mass is 459 g/mol. The molecular weight excluding hydrogens is 426 g/mol. The molecule has 2 aliphatic rings. The molecule has 2 unspecified atom stereocenters. The van der Waals surface area contributed by atoms with Crippen molar-refractivity contribution in [3.8, 4) is 5.88 Å². The summed E-state index contributed by atoms with van der Waals surface area (Å²) >= 11 is 0. The number of aromatic hydroxyl groups is 1. The van der Waals surface area contributed by atoms with Gasteiger partial charge >= 0.3 is 0 Å². The summed E-state index contributed by atoms with van der Waals surface area (Å²) in [7, 11) is -3.31. The average Bonchev–Trinajstić information content (AvgIpc) is 2.78. The van der Waals surface area contributed by atoms with Crippen molar-refractivity contribution in [3.05, 3.63) is 54.1 Å². The third-order valence-electron chi connectivity index (χ3n) is 6.63. The Morgan fingerprint density at radius 1 is 1.06 bits per heavy atom. The SMILES string of the molecule is CS(=O)(=O)NC1CCN(c2cccc(O)n2)CC1COC1CCC(c2ccccc2)CC1. The van der Waals surface area contributed by atoms with Crippen LogP contribution in [-0.4, -0.2) is 56.6 Å². The normalized spacial score (nSPS) is 26.7. The van der Waals surface area contributed by atoms with E-state index in [-0.39, 0.29) is 23.9 Å². The molecule has 4 rings (SSSR count). The van der Waals surface area contributed by atoms with Gasteiger partial charge in [0, 0.05) is 31.1 Å². The van der Waals surface area contributed by atoms with Crippen LogP contribution >= 0.6 is 0 Å². The minimum Gasteiger partial charge on any atom is -0.493 e. The number of sulfonamides is 1. The fourth-order valence-electron chi connectivity index (χ4n) is 4.98. The molecule has 174 valence electrons. The zero-order valence-electron chi connectivity index (χ0n) is 18.6. The topological polar surface area (TPSA) is 91.8 Å². The Kier molecular flexibility index (Phi) is 7.33. The summed E-state index contributed by atoms with van der Waals surface area (Å²) in [4.78, 5) is 6.32. The van der Waals surface area contributed by atoms with Gasteiger partial charge in [-0.15, -0.1) is 0 Å². The summed E-state index contributed by atoms with van der Waals surface area (Å²) in [5, 5.41) is 9.74. The molecule has 0 bridgehead atoms. The van der Waals surface area contributed by atoms with Gasteiger partial charge in [-0.1, -0.05) is 36.4 Å². The lowest BCUT2D eigenvalue weighted by molar-refractivity contribution is -0.00213. The minimum atomic E-state index is -3.31. The number of anilines is 1. The number of hydrogen-bond acceptors (Lipinski definition) is 6. The van der Waals surface area contributed by atoms with Crippen molar-refractivity contribution in [2.45, 2.75) is 50.2 Å². The van der Waals surface area contributed by atoms with E-state index in [0.29, 0.717) is 37.9 Å². The van der Waals surface area contributed by atoms with E-state index in [0.717, 1.165) is 25.7 Å². The fraction of sp³-hybridized carbons (Fsp3) is 0.542. The summed E-state index contributed by atoms with van der Waals surface area (Å²) in [6.07, 6.45) is 6.36. The zero-order valence-corrected chi connectivity index (χ0v) is 19.4. The van der Waals surface area contributed by atoms with Crippen molar-refractivity contribution in [3.63, 3.8) is 0 Å². The predicted octanol–water partition coefficient (Wildman–Crippen LogP) is 3.27. The van der Waals surface area contributed by atoms with E-state index >= 15 is 0 Å². The van der Waals surface area contributed by atoms with Gasteiger partial charge in [-0.3, -0.25) is 0 Å². The van der Waals surface area contributed by atoms with Gasteiger partial charge in [-0.2, -0.15) is 4.98 Å². The first-order valence-corrected chi connectivity index (χ1v) is 13.3. The second-order valence-corrected chi connectivity index (χ2v) is 10.8. The van der Waals surface area contributed by atoms with E-state index in [1.165, 1.54) is 11.8 Å². The molecule has 1 aliphatic carbocycles. The van der Waals surface area contributed by atoms with Crippen LogP contribution < -0.4 is 9.62 Å². The van der Waals surface area contributed by atoms with E-state index < -0.39 is 10.0 Å². The smallest absolute Gasteiger partial charge is 0.212 e. The van der Waals surface area contributed by atoms with Crippen LogP contribution in [-0.2, 0) is 14.8 Å². The predicted molar refractivity (Wildman–Crippen MR) is 125 cm³/mol. The van der Waals surface area contributed by atoms with Crippen LogP contribution in [0.2, 0.25) is 0 Å². The van der Waals surface area contributed by atoms with Gasteiger partial charge < -0.3 is 14.7 Å². The maximum Gasteiger partial charge on any atom is 0.212 e. The molecule has 2 atom stereocenters. The number of pyridine rings is 1. The maximum absolute atomic E-state index is 11.9. The van der Waals surface area contributed by atoms with Gasteiger partial charge in [-0.25, -0.2) is 13.1 Å². The molecule has 2 aromatic rings. The second kappa shape index (κ2) is 10.2. The van der Waals surface area contributed by atoms with Gasteiger partial charge in [0.1, 0.15) is 5.82 Å². The molecule has 0 amide bonds. The largest absolute Gasteiger partial charge is 0.493 e. The molecule has 2 fully saturated rings. The summed E-state index contributed by atoms with van der Waals surface area (Å²) < 4.78 is 32.9. The first kappa shape index (κ1) is 23.0. The third kappa shape index (κ3) is 6.21. The number of nitrogens with zero attached hydrogens (tertiary/aromatic N) is 2. The molecule has 0 spiro atoms. The standard InChI is InChI=1S/C24H33N3O4S/c1-32(29,30)26-22-14-15-27(23-8-5-9-24(28)25-23)16-20(22)17-31-21-12-10-19(11-13-21)18-6-3-2-4-7-18/h2-9,19-22,26H,10-17H2,1H3,(H,25,28). The van der Waals surface area contributed by atoms with Crippen LogP contribution in [0.15, 0.2) is 48.5 Å². The Bertz CT molecular complexity index is 978. The number of hydrogen-bond donors (Lipinski definition) is 2. The Morgan fingerprint density at radius 2 is 1.81 bits per heavy atom. The molecule has 7 nitrogen and oxygen atoms in total. The van der Waals surface area contributed by atoms with Crippen LogP contribution in [0.3, 0.4) is 0 Å². The quantitative estimate of drug-likeness (QED) is 0.660. The lowest BCUT2D eigenvalue weighted by Crippen LogP contribution is -2.52. The van der Waals surface area contributed by atoms with Crippen molar-refractivity contribution in [2.24, 2.45) is 5.92 Å². The zero-order chi connectivity index (χ0) is 22.6. The van der Waals surface area contributed by atoms with Gasteiger partial charge in [0.2, 0.25) is 15.9 Å². The molecule has 1 aliphatic heterocycles. The number of piperidine rings is 1. The van der Waals surface area contributed by atoms with Crippen molar-refractivity contribution in [2.75, 3.05) is 30.9 Å². The first-order chi connectivity index (χ1) is 15.4. The first-order valence-electron chi connectivity index (χ1n) is 11.4. The highest BCUT2D eigenvalue weighted by Crippen LogP contribution is 2.34. The average molecular weight is 460 g/mol. The van der Waals surface area contributed by atoms with Crippen molar-refractivity contribution < 1.29 is 18.3 Å². The third-order valence-corrected chi connectivity index (χ3v) is 7.37. The van der Waals surface area contributed by atoms with Crippen LogP contribution in [0, 0.1) is 5.92 Å². The van der Waals surface area contributed by atoms with Gasteiger partial charge in [-0.05, 0) is 49.7 Å². The summed E-state index contributed by atoms with van der Waals surface area (Å²) in [5.41, 5.74) is 1.41. The number of rotatable bonds is 7. The van der Waals surface area contributed by atoms with Crippen LogP contribution in [0.25, 0.3) is 0 Å².